The van der Waals surface area contributed by atoms with Crippen LogP contribution in [0.3, 0.4) is 0 Å². The molecule has 0 aromatic carbocycles. The van der Waals surface area contributed by atoms with Crippen molar-refractivity contribution in [1.29, 1.82) is 0 Å². The molecule has 9 nitrogen and oxygen atoms in total. The summed E-state index contributed by atoms with van der Waals surface area (Å²) in [5.41, 5.74) is 2.16. The van der Waals surface area contributed by atoms with Gasteiger partial charge >= 0.3 is 0 Å². The fourth-order valence-electron chi connectivity index (χ4n) is 3.16. The molecule has 3 rings (SSSR count). The van der Waals surface area contributed by atoms with Crippen LogP contribution >= 0.6 is 0 Å². The smallest absolute Gasteiger partial charge is 0.246 e. The van der Waals surface area contributed by atoms with Crippen molar-refractivity contribution in [3.63, 3.8) is 0 Å². The average Bonchev–Trinajstić information content (AvgIpc) is 2.87. The van der Waals surface area contributed by atoms with Crippen molar-refractivity contribution < 1.29 is 8.42 Å². The maximum atomic E-state index is 13.0. The van der Waals surface area contributed by atoms with E-state index < -0.39 is 10.0 Å². The standard InChI is InChI=1S/C16H25N7O2S/c1-12-16(13(2)21(5)19-12)26(24,25)23-8-6-22(7-9-23)15-10-14(20(3)4)11-17-18-15/h10-11H,6-9H2,1-5H3. The second-order valence-electron chi connectivity index (χ2n) is 6.68. The van der Waals surface area contributed by atoms with Gasteiger partial charge in [-0.2, -0.15) is 14.5 Å². The highest BCUT2D eigenvalue weighted by molar-refractivity contribution is 7.89. The van der Waals surface area contributed by atoms with E-state index in [-0.39, 0.29) is 0 Å². The molecule has 1 aliphatic heterocycles. The first-order valence-electron chi connectivity index (χ1n) is 8.47. The van der Waals surface area contributed by atoms with Gasteiger partial charge < -0.3 is 9.80 Å². The Balaban J connectivity index is 1.77. The molecular weight excluding hydrogens is 354 g/mol. The van der Waals surface area contributed by atoms with Gasteiger partial charge in [-0.25, -0.2) is 8.42 Å². The van der Waals surface area contributed by atoms with Gasteiger partial charge in [-0.3, -0.25) is 4.68 Å². The summed E-state index contributed by atoms with van der Waals surface area (Å²) in [5, 5.41) is 12.5. The molecule has 10 heteroatoms. The molecule has 0 saturated carbocycles. The third-order valence-corrected chi connectivity index (χ3v) is 6.90. The molecule has 0 N–H and O–H groups in total. The van der Waals surface area contributed by atoms with Gasteiger partial charge in [0.1, 0.15) is 4.90 Å². The summed E-state index contributed by atoms with van der Waals surface area (Å²) in [6, 6.07) is 1.96. The van der Waals surface area contributed by atoms with Crippen LogP contribution in [0.25, 0.3) is 0 Å². The van der Waals surface area contributed by atoms with Crippen LogP contribution in [-0.4, -0.2) is 73.0 Å². The molecule has 1 fully saturated rings. The van der Waals surface area contributed by atoms with Gasteiger partial charge in [-0.05, 0) is 13.8 Å². The normalized spacial score (nSPS) is 16.1. The Hall–Kier alpha value is -2.20. The van der Waals surface area contributed by atoms with E-state index in [1.807, 2.05) is 25.1 Å². The zero-order valence-electron chi connectivity index (χ0n) is 15.8. The molecule has 26 heavy (non-hydrogen) atoms. The van der Waals surface area contributed by atoms with Gasteiger partial charge in [-0.15, -0.1) is 5.10 Å². The second kappa shape index (κ2) is 6.84. The largest absolute Gasteiger partial charge is 0.376 e. The Morgan fingerprint density at radius 1 is 1.12 bits per heavy atom. The molecule has 0 amide bonds. The molecule has 1 aliphatic rings. The highest BCUT2D eigenvalue weighted by atomic mass is 32.2. The predicted octanol–water partition coefficient (Wildman–Crippen LogP) is 0.404. The van der Waals surface area contributed by atoms with Crippen LogP contribution in [0.15, 0.2) is 17.2 Å². The number of piperazine rings is 1. The molecule has 142 valence electrons. The first-order chi connectivity index (χ1) is 12.2. The van der Waals surface area contributed by atoms with Crippen molar-refractivity contribution in [2.45, 2.75) is 18.7 Å². The highest BCUT2D eigenvalue weighted by Gasteiger charge is 2.33. The van der Waals surface area contributed by atoms with Crippen LogP contribution in [0.1, 0.15) is 11.4 Å². The molecule has 2 aromatic heterocycles. The maximum absolute atomic E-state index is 13.0. The molecule has 1 saturated heterocycles. The molecule has 0 atom stereocenters. The van der Waals surface area contributed by atoms with Crippen molar-refractivity contribution in [1.82, 2.24) is 24.3 Å². The van der Waals surface area contributed by atoms with E-state index in [1.165, 1.54) is 4.31 Å². The molecule has 3 heterocycles. The minimum Gasteiger partial charge on any atom is -0.376 e. The van der Waals surface area contributed by atoms with Crippen molar-refractivity contribution >= 4 is 21.5 Å². The second-order valence-corrected chi connectivity index (χ2v) is 8.56. The van der Waals surface area contributed by atoms with Crippen LogP contribution in [0.4, 0.5) is 11.5 Å². The summed E-state index contributed by atoms with van der Waals surface area (Å²) >= 11 is 0. The zero-order valence-corrected chi connectivity index (χ0v) is 16.7. The van der Waals surface area contributed by atoms with Crippen molar-refractivity contribution in [3.05, 3.63) is 23.7 Å². The van der Waals surface area contributed by atoms with Crippen LogP contribution in [0.5, 0.6) is 0 Å². The van der Waals surface area contributed by atoms with Crippen molar-refractivity contribution in [3.8, 4) is 0 Å². The van der Waals surface area contributed by atoms with E-state index in [0.29, 0.717) is 42.5 Å². The molecule has 0 unspecified atom stereocenters. The Morgan fingerprint density at radius 3 is 2.31 bits per heavy atom. The Kier molecular flexibility index (Phi) is 4.89. The summed E-state index contributed by atoms with van der Waals surface area (Å²) in [6.07, 6.45) is 1.71. The lowest BCUT2D eigenvalue weighted by atomic mass is 10.3. The minimum atomic E-state index is -3.55. The lowest BCUT2D eigenvalue weighted by molar-refractivity contribution is 0.383. The van der Waals surface area contributed by atoms with Crippen LogP contribution in [0.2, 0.25) is 0 Å². The first kappa shape index (κ1) is 18.6. The summed E-state index contributed by atoms with van der Waals surface area (Å²) < 4.78 is 29.2. The lowest BCUT2D eigenvalue weighted by Gasteiger charge is -2.34. The van der Waals surface area contributed by atoms with Crippen molar-refractivity contribution in [2.75, 3.05) is 50.1 Å². The highest BCUT2D eigenvalue weighted by Crippen LogP contribution is 2.25. The molecule has 0 radical (unpaired) electrons. The molecular formula is C16H25N7O2S. The summed E-state index contributed by atoms with van der Waals surface area (Å²) in [7, 11) is 2.11. The van der Waals surface area contributed by atoms with Crippen molar-refractivity contribution in [2.24, 2.45) is 7.05 Å². The molecule has 0 spiro atoms. The van der Waals surface area contributed by atoms with E-state index in [0.717, 1.165) is 11.5 Å². The van der Waals surface area contributed by atoms with E-state index in [9.17, 15) is 8.42 Å². The zero-order chi connectivity index (χ0) is 19.1. The number of anilines is 2. The van der Waals surface area contributed by atoms with Gasteiger partial charge in [0.2, 0.25) is 10.0 Å². The Bertz CT molecular complexity index is 899. The number of hydrogen-bond donors (Lipinski definition) is 0. The van der Waals surface area contributed by atoms with Gasteiger partial charge in [0, 0.05) is 53.4 Å². The van der Waals surface area contributed by atoms with E-state index in [4.69, 9.17) is 0 Å². The summed E-state index contributed by atoms with van der Waals surface area (Å²) in [6.45, 7) is 5.48. The maximum Gasteiger partial charge on any atom is 0.246 e. The van der Waals surface area contributed by atoms with Crippen LogP contribution in [0, 0.1) is 13.8 Å². The number of rotatable bonds is 4. The fraction of sp³-hybridized carbons (Fsp3) is 0.562. The number of nitrogens with zero attached hydrogens (tertiary/aromatic N) is 7. The number of aromatic nitrogens is 4. The molecule has 0 bridgehead atoms. The van der Waals surface area contributed by atoms with E-state index in [1.54, 1.807) is 31.8 Å². The van der Waals surface area contributed by atoms with Gasteiger partial charge in [0.25, 0.3) is 0 Å². The predicted molar refractivity (Wildman–Crippen MR) is 100 cm³/mol. The number of aryl methyl sites for hydroxylation is 2. The molecule has 2 aromatic rings. The Labute approximate surface area is 154 Å². The van der Waals surface area contributed by atoms with Gasteiger partial charge in [0.05, 0.1) is 23.3 Å². The van der Waals surface area contributed by atoms with Crippen LogP contribution in [-0.2, 0) is 17.1 Å². The summed E-state index contributed by atoms with van der Waals surface area (Å²) in [5.74, 6) is 0.766. The van der Waals surface area contributed by atoms with Gasteiger partial charge in [-0.1, -0.05) is 0 Å². The minimum absolute atomic E-state index is 0.322. The van der Waals surface area contributed by atoms with E-state index >= 15 is 0 Å². The average molecular weight is 379 g/mol. The summed E-state index contributed by atoms with van der Waals surface area (Å²) in [4.78, 5) is 4.35. The Morgan fingerprint density at radius 2 is 1.77 bits per heavy atom. The third kappa shape index (κ3) is 3.26. The van der Waals surface area contributed by atoms with E-state index in [2.05, 4.69) is 20.2 Å². The molecule has 0 aliphatic carbocycles. The quantitative estimate of drug-likeness (QED) is 0.760. The lowest BCUT2D eigenvalue weighted by Crippen LogP contribution is -2.49. The van der Waals surface area contributed by atoms with Crippen LogP contribution < -0.4 is 9.80 Å². The SMILES string of the molecule is Cc1nn(C)c(C)c1S(=O)(=O)N1CCN(c2cc(N(C)C)cnn2)CC1. The van der Waals surface area contributed by atoms with Gasteiger partial charge in [0.15, 0.2) is 5.82 Å². The third-order valence-electron chi connectivity index (χ3n) is 4.75. The first-order valence-corrected chi connectivity index (χ1v) is 9.91. The fourth-order valence-corrected chi connectivity index (χ4v) is 4.98. The number of sulfonamides is 1. The topological polar surface area (TPSA) is 87.5 Å². The monoisotopic (exact) mass is 379 g/mol. The number of hydrogen-bond acceptors (Lipinski definition) is 7.